The second-order valence-electron chi connectivity index (χ2n) is 3.63. The third-order valence-corrected chi connectivity index (χ3v) is 5.62. The fourth-order valence-electron chi connectivity index (χ4n) is 1.70. The van der Waals surface area contributed by atoms with Crippen molar-refractivity contribution in [1.82, 2.24) is 9.38 Å². The number of nitrogens with two attached hydrogens (primary N) is 1. The molecule has 92 valence electrons. The summed E-state index contributed by atoms with van der Waals surface area (Å²) >= 11 is 14.4. The monoisotopic (exact) mass is 405 g/mol. The van der Waals surface area contributed by atoms with Crippen LogP contribution in [0.5, 0.6) is 0 Å². The molecule has 3 heterocycles. The maximum absolute atomic E-state index is 6.13. The molecule has 0 aliphatic carbocycles. The molecular formula is C11H6Br2ClN3S. The zero-order valence-corrected chi connectivity index (χ0v) is 13.6. The molecule has 0 aliphatic rings. The molecule has 0 unspecified atom stereocenters. The molecule has 3 aromatic rings. The van der Waals surface area contributed by atoms with Gasteiger partial charge in [0.15, 0.2) is 5.65 Å². The van der Waals surface area contributed by atoms with Crippen LogP contribution in [0.1, 0.15) is 0 Å². The number of pyridine rings is 1. The fourth-order valence-corrected chi connectivity index (χ4v) is 3.83. The summed E-state index contributed by atoms with van der Waals surface area (Å²) in [6, 6.07) is 5.78. The molecule has 0 saturated carbocycles. The summed E-state index contributed by atoms with van der Waals surface area (Å²) < 4.78 is 4.31. The van der Waals surface area contributed by atoms with Gasteiger partial charge in [-0.25, -0.2) is 4.98 Å². The molecule has 18 heavy (non-hydrogen) atoms. The van der Waals surface area contributed by atoms with E-state index in [0.29, 0.717) is 10.2 Å². The number of nitrogen functional groups attached to an aromatic ring is 1. The summed E-state index contributed by atoms with van der Waals surface area (Å²) in [7, 11) is 0. The van der Waals surface area contributed by atoms with Gasteiger partial charge in [0.2, 0.25) is 0 Å². The van der Waals surface area contributed by atoms with Crippen LogP contribution in [0.3, 0.4) is 0 Å². The molecule has 3 nitrogen and oxygen atoms in total. The van der Waals surface area contributed by atoms with Gasteiger partial charge in [-0.2, -0.15) is 0 Å². The van der Waals surface area contributed by atoms with Gasteiger partial charge in [0.25, 0.3) is 0 Å². The number of nitrogens with zero attached hydrogens (tertiary/aromatic N) is 2. The Kier molecular flexibility index (Phi) is 3.13. The van der Waals surface area contributed by atoms with E-state index in [0.717, 1.165) is 25.2 Å². The zero-order chi connectivity index (χ0) is 12.9. The van der Waals surface area contributed by atoms with Gasteiger partial charge in [-0.1, -0.05) is 11.6 Å². The van der Waals surface area contributed by atoms with Gasteiger partial charge in [-0.3, -0.25) is 4.40 Å². The Morgan fingerprint density at radius 2 is 2.11 bits per heavy atom. The summed E-state index contributed by atoms with van der Waals surface area (Å²) in [5.74, 6) is 0.608. The molecule has 0 spiro atoms. The van der Waals surface area contributed by atoms with Crippen LogP contribution in [0.25, 0.3) is 16.2 Å². The van der Waals surface area contributed by atoms with E-state index in [1.54, 1.807) is 0 Å². The average Bonchev–Trinajstić information content (AvgIpc) is 2.83. The number of halogens is 3. The Balaban J connectivity index is 2.30. The number of hydrogen-bond donors (Lipinski definition) is 1. The predicted octanol–water partition coefficient (Wildman–Crippen LogP) is 4.82. The van der Waals surface area contributed by atoms with Gasteiger partial charge < -0.3 is 5.73 Å². The highest BCUT2D eigenvalue weighted by Crippen LogP contribution is 2.40. The Morgan fingerprint density at radius 1 is 1.33 bits per heavy atom. The fraction of sp³-hybridized carbons (Fsp3) is 0. The molecule has 0 aliphatic heterocycles. The van der Waals surface area contributed by atoms with Crippen LogP contribution in [0.2, 0.25) is 4.34 Å². The lowest BCUT2D eigenvalue weighted by molar-refractivity contribution is 1.19. The molecule has 3 rings (SSSR count). The number of rotatable bonds is 1. The van der Waals surface area contributed by atoms with E-state index >= 15 is 0 Å². The van der Waals surface area contributed by atoms with Crippen molar-refractivity contribution >= 4 is 66.3 Å². The lowest BCUT2D eigenvalue weighted by atomic mass is 10.3. The number of hydrogen-bond acceptors (Lipinski definition) is 3. The molecule has 0 aromatic carbocycles. The second kappa shape index (κ2) is 4.52. The molecule has 0 fully saturated rings. The van der Waals surface area contributed by atoms with Crippen molar-refractivity contribution in [2.24, 2.45) is 0 Å². The summed E-state index contributed by atoms with van der Waals surface area (Å²) in [6.07, 6.45) is 1.89. The van der Waals surface area contributed by atoms with Crippen molar-refractivity contribution in [3.63, 3.8) is 0 Å². The van der Waals surface area contributed by atoms with Crippen LogP contribution in [-0.2, 0) is 0 Å². The lowest BCUT2D eigenvalue weighted by Crippen LogP contribution is -1.93. The first-order valence-corrected chi connectivity index (χ1v) is 7.73. The summed E-state index contributed by atoms with van der Waals surface area (Å²) in [5, 5.41) is 0. The highest BCUT2D eigenvalue weighted by atomic mass is 79.9. The number of aromatic nitrogens is 2. The number of anilines is 1. The number of imidazole rings is 1. The van der Waals surface area contributed by atoms with Gasteiger partial charge in [0.1, 0.15) is 15.8 Å². The van der Waals surface area contributed by atoms with Crippen molar-refractivity contribution in [3.8, 4) is 10.6 Å². The van der Waals surface area contributed by atoms with Crippen LogP contribution in [0, 0.1) is 0 Å². The van der Waals surface area contributed by atoms with E-state index in [-0.39, 0.29) is 0 Å². The number of thiophene rings is 1. The van der Waals surface area contributed by atoms with E-state index in [2.05, 4.69) is 36.8 Å². The Bertz CT molecular complexity index is 731. The van der Waals surface area contributed by atoms with Crippen LogP contribution >= 0.6 is 54.8 Å². The van der Waals surface area contributed by atoms with Crippen LogP contribution in [0.4, 0.5) is 5.82 Å². The van der Waals surface area contributed by atoms with Crippen molar-refractivity contribution in [3.05, 3.63) is 37.7 Å². The minimum Gasteiger partial charge on any atom is -0.383 e. The van der Waals surface area contributed by atoms with Gasteiger partial charge in [-0.05, 0) is 50.1 Å². The molecule has 0 atom stereocenters. The van der Waals surface area contributed by atoms with Crippen LogP contribution in [0.15, 0.2) is 33.3 Å². The summed E-state index contributed by atoms with van der Waals surface area (Å²) in [5.41, 5.74) is 7.67. The zero-order valence-electron chi connectivity index (χ0n) is 8.82. The molecule has 0 bridgehead atoms. The second-order valence-corrected chi connectivity index (χ2v) is 6.99. The highest BCUT2D eigenvalue weighted by Gasteiger charge is 2.16. The maximum Gasteiger partial charge on any atom is 0.153 e. The standard InChI is InChI=1S/C11H6Br2ClN3S/c12-5-2-1-3-17-10(15)8(16-11(5)17)7-4-6(13)9(14)18-7/h1-4H,15H2. The van der Waals surface area contributed by atoms with Crippen molar-refractivity contribution in [2.45, 2.75) is 0 Å². The Hall–Kier alpha value is -0.560. The van der Waals surface area contributed by atoms with Crippen molar-refractivity contribution < 1.29 is 0 Å². The Labute approximate surface area is 129 Å². The quantitative estimate of drug-likeness (QED) is 0.628. The molecule has 7 heteroatoms. The van der Waals surface area contributed by atoms with Crippen molar-refractivity contribution in [1.29, 1.82) is 0 Å². The smallest absolute Gasteiger partial charge is 0.153 e. The SMILES string of the molecule is Nc1c(-c2cc(Br)c(Cl)s2)nc2c(Br)cccn12. The van der Waals surface area contributed by atoms with Gasteiger partial charge in [0, 0.05) is 10.7 Å². The normalized spacial score (nSPS) is 11.3. The summed E-state index contributed by atoms with van der Waals surface area (Å²) in [6.45, 7) is 0. The Morgan fingerprint density at radius 3 is 2.72 bits per heavy atom. The number of fused-ring (bicyclic) bond motifs is 1. The molecule has 0 amide bonds. The molecule has 0 saturated heterocycles. The molecule has 2 N–H and O–H groups in total. The van der Waals surface area contributed by atoms with E-state index in [1.807, 2.05) is 28.8 Å². The molecule has 0 radical (unpaired) electrons. The average molecular weight is 408 g/mol. The van der Waals surface area contributed by atoms with Crippen molar-refractivity contribution in [2.75, 3.05) is 5.73 Å². The van der Waals surface area contributed by atoms with E-state index < -0.39 is 0 Å². The van der Waals surface area contributed by atoms with E-state index in [9.17, 15) is 0 Å². The topological polar surface area (TPSA) is 43.3 Å². The molecular weight excluding hydrogens is 401 g/mol. The summed E-state index contributed by atoms with van der Waals surface area (Å²) in [4.78, 5) is 5.50. The molecule has 3 aromatic heterocycles. The first kappa shape index (κ1) is 12.5. The minimum atomic E-state index is 0.608. The first-order chi connectivity index (χ1) is 8.58. The van der Waals surface area contributed by atoms with E-state index in [4.69, 9.17) is 17.3 Å². The lowest BCUT2D eigenvalue weighted by Gasteiger charge is -1.96. The van der Waals surface area contributed by atoms with E-state index in [1.165, 1.54) is 11.3 Å². The van der Waals surface area contributed by atoms with Crippen LogP contribution in [-0.4, -0.2) is 9.38 Å². The maximum atomic E-state index is 6.13. The largest absolute Gasteiger partial charge is 0.383 e. The third kappa shape index (κ3) is 1.87. The first-order valence-electron chi connectivity index (χ1n) is 4.95. The van der Waals surface area contributed by atoms with Gasteiger partial charge in [0.05, 0.1) is 9.35 Å². The van der Waals surface area contributed by atoms with Gasteiger partial charge in [-0.15, -0.1) is 11.3 Å². The third-order valence-electron chi connectivity index (χ3n) is 2.52. The predicted molar refractivity (Wildman–Crippen MR) is 83.3 cm³/mol. The highest BCUT2D eigenvalue weighted by molar-refractivity contribution is 9.11. The van der Waals surface area contributed by atoms with Crippen LogP contribution < -0.4 is 5.73 Å². The van der Waals surface area contributed by atoms with Gasteiger partial charge >= 0.3 is 0 Å². The minimum absolute atomic E-state index is 0.608.